The first-order valence-electron chi connectivity index (χ1n) is 8.95. The Morgan fingerprint density at radius 1 is 1.10 bits per heavy atom. The number of hydrazone groups is 1. The molecule has 9 heteroatoms. The quantitative estimate of drug-likeness (QED) is 0.203. The molecule has 148 valence electrons. The van der Waals surface area contributed by atoms with Gasteiger partial charge in [0.15, 0.2) is 11.7 Å². The summed E-state index contributed by atoms with van der Waals surface area (Å²) in [6.45, 7) is 0. The van der Waals surface area contributed by atoms with Gasteiger partial charge in [0, 0.05) is 17.7 Å². The maximum atomic E-state index is 11.0. The second kappa shape index (κ2) is 8.23. The number of imidazole rings is 1. The third kappa shape index (κ3) is 4.14. The molecule has 0 atom stereocenters. The zero-order chi connectivity index (χ0) is 20.9. The maximum absolute atomic E-state index is 11.0. The van der Waals surface area contributed by atoms with E-state index < -0.39 is 4.92 Å². The van der Waals surface area contributed by atoms with Crippen LogP contribution in [0.15, 0.2) is 82.9 Å². The molecule has 4 rings (SSSR count). The minimum atomic E-state index is -0.541. The highest BCUT2D eigenvalue weighted by atomic mass is 16.6. The zero-order valence-electron chi connectivity index (χ0n) is 15.6. The largest absolute Gasteiger partial charge is 0.507 e. The lowest BCUT2D eigenvalue weighted by atomic mass is 10.2. The van der Waals surface area contributed by atoms with Crippen LogP contribution in [0, 0.1) is 10.1 Å². The van der Waals surface area contributed by atoms with Gasteiger partial charge in [-0.05, 0) is 30.3 Å². The van der Waals surface area contributed by atoms with Crippen LogP contribution in [0.5, 0.6) is 5.75 Å². The number of phenols is 1. The highest BCUT2D eigenvalue weighted by Crippen LogP contribution is 2.21. The molecule has 0 spiro atoms. The average Bonchev–Trinajstić information content (AvgIpc) is 3.19. The molecule has 4 aromatic rings. The smallest absolute Gasteiger partial charge is 0.270 e. The van der Waals surface area contributed by atoms with Gasteiger partial charge in [-0.1, -0.05) is 30.3 Å². The molecule has 0 aliphatic carbocycles. The molecule has 1 heterocycles. The van der Waals surface area contributed by atoms with Crippen LogP contribution < -0.4 is 5.43 Å². The number of nitro groups is 1. The van der Waals surface area contributed by atoms with Crippen molar-refractivity contribution in [3.63, 3.8) is 0 Å². The summed E-state index contributed by atoms with van der Waals surface area (Å²) in [5.41, 5.74) is 5.17. The zero-order valence-corrected chi connectivity index (χ0v) is 15.6. The van der Waals surface area contributed by atoms with Gasteiger partial charge >= 0.3 is 0 Å². The Labute approximate surface area is 170 Å². The van der Waals surface area contributed by atoms with Gasteiger partial charge in [-0.3, -0.25) is 15.5 Å². The molecular formula is C21H16N6O3. The predicted octanol–water partition coefficient (Wildman–Crippen LogP) is 3.88. The molecule has 0 saturated carbocycles. The number of rotatable bonds is 5. The molecular weight excluding hydrogens is 384 g/mol. The van der Waals surface area contributed by atoms with Gasteiger partial charge in [0.2, 0.25) is 0 Å². The molecule has 0 fully saturated rings. The maximum Gasteiger partial charge on any atom is 0.270 e. The number of benzene rings is 3. The Kier molecular flexibility index (Phi) is 5.16. The Balaban J connectivity index is 1.67. The van der Waals surface area contributed by atoms with E-state index in [2.05, 4.69) is 25.5 Å². The first-order chi connectivity index (χ1) is 14.6. The molecule has 9 nitrogen and oxygen atoms in total. The van der Waals surface area contributed by atoms with Crippen molar-refractivity contribution in [2.24, 2.45) is 10.1 Å². The van der Waals surface area contributed by atoms with Crippen LogP contribution in [0.1, 0.15) is 11.4 Å². The van der Waals surface area contributed by atoms with Crippen molar-refractivity contribution in [1.82, 2.24) is 15.4 Å². The van der Waals surface area contributed by atoms with Crippen molar-refractivity contribution >= 4 is 34.5 Å². The average molecular weight is 400 g/mol. The third-order valence-corrected chi connectivity index (χ3v) is 4.21. The molecule has 0 amide bonds. The molecule has 0 aliphatic heterocycles. The Bertz CT molecular complexity index is 1230. The van der Waals surface area contributed by atoms with Gasteiger partial charge in [-0.15, -0.1) is 0 Å². The van der Waals surface area contributed by atoms with E-state index in [9.17, 15) is 15.2 Å². The summed E-state index contributed by atoms with van der Waals surface area (Å²) in [6, 6.07) is 20.5. The molecule has 0 aliphatic rings. The minimum absolute atomic E-state index is 0.128. The van der Waals surface area contributed by atoms with Crippen molar-refractivity contribution in [2.75, 3.05) is 0 Å². The summed E-state index contributed by atoms with van der Waals surface area (Å²) < 4.78 is 0. The molecule has 0 radical (unpaired) electrons. The summed E-state index contributed by atoms with van der Waals surface area (Å²) in [7, 11) is 0. The van der Waals surface area contributed by atoms with Crippen LogP contribution in [-0.2, 0) is 0 Å². The molecule has 3 N–H and O–H groups in total. The number of amidine groups is 1. The van der Waals surface area contributed by atoms with E-state index in [1.54, 1.807) is 0 Å². The second-order valence-corrected chi connectivity index (χ2v) is 6.27. The van der Waals surface area contributed by atoms with Crippen LogP contribution in [0.3, 0.4) is 0 Å². The van der Waals surface area contributed by atoms with E-state index >= 15 is 0 Å². The van der Waals surface area contributed by atoms with Crippen molar-refractivity contribution in [2.45, 2.75) is 0 Å². The number of fused-ring (bicyclic) bond motifs is 1. The first kappa shape index (κ1) is 18.8. The number of hydrogen-bond donors (Lipinski definition) is 3. The molecule has 0 saturated heterocycles. The Hall–Kier alpha value is -4.53. The van der Waals surface area contributed by atoms with Crippen LogP contribution in [0.2, 0.25) is 0 Å². The van der Waals surface area contributed by atoms with Crippen LogP contribution >= 0.6 is 0 Å². The van der Waals surface area contributed by atoms with Gasteiger partial charge in [0.1, 0.15) is 5.75 Å². The summed E-state index contributed by atoms with van der Waals surface area (Å²) in [4.78, 5) is 22.7. The number of aromatic hydroxyl groups is 1. The van der Waals surface area contributed by atoms with Gasteiger partial charge in [-0.2, -0.15) is 5.10 Å². The summed E-state index contributed by atoms with van der Waals surface area (Å²) in [5, 5.41) is 25.0. The van der Waals surface area contributed by atoms with Gasteiger partial charge < -0.3 is 10.1 Å². The van der Waals surface area contributed by atoms with Crippen molar-refractivity contribution in [3.05, 3.63) is 94.3 Å². The predicted molar refractivity (Wildman–Crippen MR) is 114 cm³/mol. The number of non-ortho nitro benzene ring substituents is 1. The number of hydrogen-bond acceptors (Lipinski definition) is 6. The number of phenolic OH excluding ortho intramolecular Hbond substituents is 1. The number of para-hydroxylation sites is 3. The number of aromatic nitrogens is 2. The van der Waals surface area contributed by atoms with Crippen LogP contribution in [0.25, 0.3) is 11.0 Å². The van der Waals surface area contributed by atoms with E-state index in [0.717, 1.165) is 11.0 Å². The highest BCUT2D eigenvalue weighted by Gasteiger charge is 2.11. The monoisotopic (exact) mass is 400 g/mol. The lowest BCUT2D eigenvalue weighted by Gasteiger charge is -2.04. The van der Waals surface area contributed by atoms with Crippen molar-refractivity contribution in [1.29, 1.82) is 0 Å². The van der Waals surface area contributed by atoms with E-state index in [-0.39, 0.29) is 17.0 Å². The standard InChI is InChI=1S/C21H16N6O3/c28-19-11-10-16(27(29)30)12-14(19)13-22-26-21(23-15-6-2-1-3-7-15)20-24-17-8-4-5-9-18(17)25-20/h1-13,28H,(H,23,26)(H,24,25)/b22-13-. The van der Waals surface area contributed by atoms with Crippen LogP contribution in [0.4, 0.5) is 11.4 Å². The normalized spacial score (nSPS) is 11.8. The van der Waals surface area contributed by atoms with Gasteiger partial charge in [0.05, 0.1) is 27.9 Å². The lowest BCUT2D eigenvalue weighted by molar-refractivity contribution is -0.384. The summed E-state index contributed by atoms with van der Waals surface area (Å²) in [6.07, 6.45) is 1.28. The van der Waals surface area contributed by atoms with E-state index in [4.69, 9.17) is 0 Å². The minimum Gasteiger partial charge on any atom is -0.507 e. The highest BCUT2D eigenvalue weighted by molar-refractivity contribution is 6.00. The number of H-pyrrole nitrogens is 1. The molecule has 0 bridgehead atoms. The molecule has 1 aromatic heterocycles. The Morgan fingerprint density at radius 3 is 2.63 bits per heavy atom. The topological polar surface area (TPSA) is 129 Å². The summed E-state index contributed by atoms with van der Waals surface area (Å²) >= 11 is 0. The van der Waals surface area contributed by atoms with Gasteiger partial charge in [-0.25, -0.2) is 9.98 Å². The molecule has 0 unspecified atom stereocenters. The lowest BCUT2D eigenvalue weighted by Crippen LogP contribution is -2.20. The number of aliphatic imine (C=N–C) groups is 1. The SMILES string of the molecule is O=[N+]([O-])c1ccc(O)c(/C=N\NC(=Nc2ccccc2)c2nc3ccccc3[nH]2)c1. The van der Waals surface area contributed by atoms with Crippen LogP contribution in [-0.4, -0.2) is 32.0 Å². The first-order valence-corrected chi connectivity index (χ1v) is 8.95. The number of nitro benzene ring substituents is 1. The fourth-order valence-corrected chi connectivity index (χ4v) is 2.75. The van der Waals surface area contributed by atoms with Crippen molar-refractivity contribution < 1.29 is 10.0 Å². The van der Waals surface area contributed by atoms with E-state index in [1.807, 2.05) is 54.6 Å². The fraction of sp³-hybridized carbons (Fsp3) is 0. The van der Waals surface area contributed by atoms with E-state index in [1.165, 1.54) is 24.4 Å². The number of nitrogens with one attached hydrogen (secondary N) is 2. The fourth-order valence-electron chi connectivity index (χ4n) is 2.75. The van der Waals surface area contributed by atoms with Crippen molar-refractivity contribution in [3.8, 4) is 5.75 Å². The second-order valence-electron chi connectivity index (χ2n) is 6.27. The van der Waals surface area contributed by atoms with Gasteiger partial charge in [0.25, 0.3) is 5.69 Å². The molecule has 30 heavy (non-hydrogen) atoms. The number of nitrogens with zero attached hydrogens (tertiary/aromatic N) is 4. The Morgan fingerprint density at radius 2 is 1.87 bits per heavy atom. The van der Waals surface area contributed by atoms with E-state index in [0.29, 0.717) is 17.3 Å². The molecule has 3 aromatic carbocycles. The third-order valence-electron chi connectivity index (χ3n) is 4.21. The summed E-state index contributed by atoms with van der Waals surface area (Å²) in [5.74, 6) is 0.690. The number of aromatic amines is 1.